The summed E-state index contributed by atoms with van der Waals surface area (Å²) in [5, 5.41) is 19.4. The molecule has 0 bridgehead atoms. The molecule has 0 unspecified atom stereocenters. The van der Waals surface area contributed by atoms with Crippen LogP contribution in [0.1, 0.15) is 15.9 Å². The van der Waals surface area contributed by atoms with Crippen LogP contribution in [0, 0.1) is 0 Å². The Labute approximate surface area is 172 Å². The predicted octanol–water partition coefficient (Wildman–Crippen LogP) is 1.05. The van der Waals surface area contributed by atoms with E-state index in [4.69, 9.17) is 9.47 Å². The van der Waals surface area contributed by atoms with Crippen LogP contribution in [-0.4, -0.2) is 89.3 Å². The van der Waals surface area contributed by atoms with E-state index in [2.05, 4.69) is 0 Å². The number of rotatable bonds is 4. The van der Waals surface area contributed by atoms with E-state index in [0.717, 1.165) is 6.07 Å². The minimum atomic E-state index is -0.464. The average molecular weight is 322 g/mol. The Morgan fingerprint density at radius 2 is 1.50 bits per heavy atom. The van der Waals surface area contributed by atoms with E-state index in [1.54, 1.807) is 30.3 Å². The number of hydrogen-bond acceptors (Lipinski definition) is 5. The Bertz CT molecular complexity index is 644. The molecule has 0 aliphatic carbocycles. The van der Waals surface area contributed by atoms with Gasteiger partial charge in [-0.3, -0.25) is 4.79 Å². The standard InChI is InChI=1S/C15H14O5.2Na.2H/c1-19-14-10(8-11(16)13(18)15(14)20-2)12(17)9-6-4-3-5-7-9;;;;/h3-8,16,18H,1-2H3;;;;. The summed E-state index contributed by atoms with van der Waals surface area (Å²) in [4.78, 5) is 12.4. The van der Waals surface area contributed by atoms with Crippen molar-refractivity contribution in [2.75, 3.05) is 14.2 Å². The molecule has 0 saturated carbocycles. The number of hydrogen-bond donors (Lipinski definition) is 2. The molecule has 0 atom stereocenters. The maximum absolute atomic E-state index is 12.4. The molecule has 0 aliphatic heterocycles. The van der Waals surface area contributed by atoms with Crippen LogP contribution >= 0.6 is 0 Å². The van der Waals surface area contributed by atoms with Gasteiger partial charge < -0.3 is 19.7 Å². The van der Waals surface area contributed by atoms with Gasteiger partial charge in [-0.05, 0) is 6.07 Å². The number of benzene rings is 2. The summed E-state index contributed by atoms with van der Waals surface area (Å²) in [5.74, 6) is -1.24. The molecule has 108 valence electrons. The van der Waals surface area contributed by atoms with Crippen molar-refractivity contribution in [1.82, 2.24) is 0 Å². The van der Waals surface area contributed by atoms with Gasteiger partial charge in [0.25, 0.3) is 0 Å². The van der Waals surface area contributed by atoms with Gasteiger partial charge in [-0.15, -0.1) is 0 Å². The van der Waals surface area contributed by atoms with Gasteiger partial charge >= 0.3 is 59.1 Å². The third-order valence-corrected chi connectivity index (χ3v) is 2.88. The van der Waals surface area contributed by atoms with E-state index in [9.17, 15) is 15.0 Å². The predicted molar refractivity (Wildman–Crippen MR) is 87.0 cm³/mol. The number of methoxy groups -OCH3 is 2. The second kappa shape index (κ2) is 9.45. The van der Waals surface area contributed by atoms with Gasteiger partial charge in [0.15, 0.2) is 17.3 Å². The number of ketones is 1. The first-order valence-corrected chi connectivity index (χ1v) is 5.86. The summed E-state index contributed by atoms with van der Waals surface area (Å²) in [6, 6.07) is 9.72. The Morgan fingerprint density at radius 3 is 2.00 bits per heavy atom. The van der Waals surface area contributed by atoms with E-state index in [1.807, 2.05) is 0 Å². The molecular formula is C15H16Na2O5. The van der Waals surface area contributed by atoms with Gasteiger partial charge in [-0.2, -0.15) is 0 Å². The molecule has 2 N–H and O–H groups in total. The van der Waals surface area contributed by atoms with Crippen molar-refractivity contribution in [3.8, 4) is 23.0 Å². The molecule has 0 aliphatic rings. The monoisotopic (exact) mass is 322 g/mol. The fourth-order valence-electron chi connectivity index (χ4n) is 1.92. The summed E-state index contributed by atoms with van der Waals surface area (Å²) < 4.78 is 10.1. The van der Waals surface area contributed by atoms with E-state index in [0.29, 0.717) is 5.56 Å². The van der Waals surface area contributed by atoms with Crippen LogP contribution in [0.3, 0.4) is 0 Å². The Kier molecular flexibility index (Phi) is 9.15. The Hall–Kier alpha value is -0.690. The van der Waals surface area contributed by atoms with Crippen LogP contribution in [0.2, 0.25) is 0 Å². The topological polar surface area (TPSA) is 76.0 Å². The van der Waals surface area contributed by atoms with Gasteiger partial charge in [0.1, 0.15) is 0 Å². The first-order valence-electron chi connectivity index (χ1n) is 5.86. The third-order valence-electron chi connectivity index (χ3n) is 2.88. The average Bonchev–Trinajstić information content (AvgIpc) is 2.49. The summed E-state index contributed by atoms with van der Waals surface area (Å²) in [7, 11) is 2.67. The molecule has 0 saturated heterocycles. The zero-order valence-electron chi connectivity index (χ0n) is 11.1. The number of carbonyl (C=O) groups is 1. The molecule has 5 nitrogen and oxygen atoms in total. The molecule has 0 amide bonds. The Balaban J connectivity index is 0.00000220. The van der Waals surface area contributed by atoms with E-state index in [1.165, 1.54) is 14.2 Å². The number of phenols is 2. The third kappa shape index (κ3) is 4.19. The zero-order valence-corrected chi connectivity index (χ0v) is 11.1. The molecule has 0 radical (unpaired) electrons. The van der Waals surface area contributed by atoms with Crippen LogP contribution in [-0.2, 0) is 0 Å². The number of carbonyl (C=O) groups excluding carboxylic acids is 1. The van der Waals surface area contributed by atoms with Crippen molar-refractivity contribution >= 4 is 64.9 Å². The molecule has 7 heteroatoms. The molecule has 0 fully saturated rings. The number of aromatic hydroxyl groups is 2. The Morgan fingerprint density at radius 1 is 0.955 bits per heavy atom. The van der Waals surface area contributed by atoms with Crippen molar-refractivity contribution < 1.29 is 24.5 Å². The summed E-state index contributed by atoms with van der Waals surface area (Å²) in [6.07, 6.45) is 0. The molecule has 22 heavy (non-hydrogen) atoms. The van der Waals surface area contributed by atoms with Crippen LogP contribution in [0.25, 0.3) is 0 Å². The summed E-state index contributed by atoms with van der Waals surface area (Å²) in [6.45, 7) is 0. The maximum atomic E-state index is 12.4. The molecule has 2 rings (SSSR count). The van der Waals surface area contributed by atoms with Gasteiger partial charge in [0.05, 0.1) is 19.8 Å². The van der Waals surface area contributed by atoms with Crippen molar-refractivity contribution in [2.45, 2.75) is 0 Å². The summed E-state index contributed by atoms with van der Waals surface area (Å²) >= 11 is 0. The van der Waals surface area contributed by atoms with Crippen LogP contribution < -0.4 is 9.47 Å². The molecule has 2 aromatic rings. The van der Waals surface area contributed by atoms with E-state index in [-0.39, 0.29) is 82.0 Å². The molecule has 0 spiro atoms. The fourth-order valence-corrected chi connectivity index (χ4v) is 1.92. The first kappa shape index (κ1) is 21.3. The van der Waals surface area contributed by atoms with E-state index >= 15 is 0 Å². The molecule has 0 heterocycles. The molecule has 0 aromatic heterocycles. The van der Waals surface area contributed by atoms with Crippen LogP contribution in [0.15, 0.2) is 36.4 Å². The quantitative estimate of drug-likeness (QED) is 0.500. The van der Waals surface area contributed by atoms with Gasteiger partial charge in [0, 0.05) is 5.56 Å². The normalized spacial score (nSPS) is 9.18. The van der Waals surface area contributed by atoms with Crippen molar-refractivity contribution in [1.29, 1.82) is 0 Å². The van der Waals surface area contributed by atoms with Crippen molar-refractivity contribution in [3.05, 3.63) is 47.5 Å². The van der Waals surface area contributed by atoms with Crippen molar-refractivity contribution in [3.63, 3.8) is 0 Å². The van der Waals surface area contributed by atoms with Crippen molar-refractivity contribution in [2.24, 2.45) is 0 Å². The summed E-state index contributed by atoms with van der Waals surface area (Å²) in [5.41, 5.74) is 0.559. The number of phenolic OH excluding ortho intramolecular Hbond substituents is 2. The minimum absolute atomic E-state index is 0. The molecular weight excluding hydrogens is 306 g/mol. The van der Waals surface area contributed by atoms with E-state index < -0.39 is 11.5 Å². The second-order valence-electron chi connectivity index (χ2n) is 4.05. The van der Waals surface area contributed by atoms with Crippen LogP contribution in [0.4, 0.5) is 0 Å². The SMILES string of the molecule is COc1c(C(=O)c2ccccc2)cc(O)c(O)c1OC.[NaH].[NaH]. The molecule has 2 aromatic carbocycles. The number of ether oxygens (including phenoxy) is 2. The fraction of sp³-hybridized carbons (Fsp3) is 0.133. The van der Waals surface area contributed by atoms with Gasteiger partial charge in [0.2, 0.25) is 11.5 Å². The zero-order chi connectivity index (χ0) is 14.7. The van der Waals surface area contributed by atoms with Gasteiger partial charge in [-0.25, -0.2) is 0 Å². The van der Waals surface area contributed by atoms with Gasteiger partial charge in [-0.1, -0.05) is 30.3 Å². The first-order chi connectivity index (χ1) is 9.60. The second-order valence-corrected chi connectivity index (χ2v) is 4.05. The van der Waals surface area contributed by atoms with Crippen LogP contribution in [0.5, 0.6) is 23.0 Å².